The Bertz CT molecular complexity index is 1820. The number of carbonyl (C=O) groups is 2. The number of hydrogen-bond donors (Lipinski definition) is 3. The van der Waals surface area contributed by atoms with Crippen LogP contribution in [0.3, 0.4) is 0 Å². The number of hydrogen-bond acceptors (Lipinski definition) is 5. The van der Waals surface area contributed by atoms with Crippen LogP contribution in [0.2, 0.25) is 0 Å². The molecule has 7 heteroatoms. The maximum atomic E-state index is 14.3. The number of nitrogens with zero attached hydrogens (tertiary/aromatic N) is 2. The molecular formula is C41H43N5O2. The van der Waals surface area contributed by atoms with Crippen molar-refractivity contribution >= 4 is 22.6 Å². The van der Waals surface area contributed by atoms with E-state index in [0.29, 0.717) is 25.4 Å². The molecule has 2 saturated heterocycles. The highest BCUT2D eigenvalue weighted by Crippen LogP contribution is 2.28. The second kappa shape index (κ2) is 14.9. The van der Waals surface area contributed by atoms with Crippen LogP contribution in [-0.2, 0) is 22.6 Å². The normalized spacial score (nSPS) is 19.3. The van der Waals surface area contributed by atoms with E-state index < -0.39 is 12.1 Å². The van der Waals surface area contributed by atoms with Crippen molar-refractivity contribution < 1.29 is 9.59 Å². The van der Waals surface area contributed by atoms with Gasteiger partial charge >= 0.3 is 0 Å². The summed E-state index contributed by atoms with van der Waals surface area (Å²) in [4.78, 5) is 34.5. The number of nitrogens with one attached hydrogen (secondary N) is 3. The van der Waals surface area contributed by atoms with E-state index in [2.05, 4.69) is 93.7 Å². The largest absolute Gasteiger partial charge is 0.342 e. The predicted octanol–water partition coefficient (Wildman–Crippen LogP) is 6.06. The van der Waals surface area contributed by atoms with Crippen LogP contribution in [0.1, 0.15) is 42.0 Å². The summed E-state index contributed by atoms with van der Waals surface area (Å²) in [6.07, 6.45) is 7.36. The first-order valence-corrected chi connectivity index (χ1v) is 17.2. The number of fused-ring (bicyclic) bond motifs is 1. The van der Waals surface area contributed by atoms with E-state index in [-0.39, 0.29) is 17.9 Å². The molecule has 2 fully saturated rings. The molecule has 3 atom stereocenters. The Morgan fingerprint density at radius 2 is 1.52 bits per heavy atom. The highest BCUT2D eigenvalue weighted by Gasteiger charge is 2.40. The Morgan fingerprint density at radius 1 is 0.792 bits per heavy atom. The minimum atomic E-state index is -0.647. The lowest BCUT2D eigenvalue weighted by Crippen LogP contribution is -2.65. The van der Waals surface area contributed by atoms with Gasteiger partial charge in [-0.25, -0.2) is 0 Å². The zero-order chi connectivity index (χ0) is 32.7. The van der Waals surface area contributed by atoms with Crippen LogP contribution in [0, 0.1) is 5.92 Å². The van der Waals surface area contributed by atoms with Crippen molar-refractivity contribution in [3.05, 3.63) is 138 Å². The number of carbonyl (C=O) groups excluding carboxylic acids is 2. The number of benzene rings is 4. The molecule has 7 rings (SSSR count). The van der Waals surface area contributed by atoms with Gasteiger partial charge in [0.15, 0.2) is 0 Å². The van der Waals surface area contributed by atoms with E-state index in [1.54, 1.807) is 11.1 Å². The number of amides is 2. The highest BCUT2D eigenvalue weighted by atomic mass is 16.2. The van der Waals surface area contributed by atoms with Crippen LogP contribution in [0.4, 0.5) is 0 Å². The average molecular weight is 638 g/mol. The van der Waals surface area contributed by atoms with Crippen molar-refractivity contribution in [2.75, 3.05) is 19.6 Å². The van der Waals surface area contributed by atoms with E-state index >= 15 is 0 Å². The van der Waals surface area contributed by atoms with Crippen LogP contribution >= 0.6 is 0 Å². The van der Waals surface area contributed by atoms with Crippen molar-refractivity contribution in [1.29, 1.82) is 0 Å². The lowest BCUT2D eigenvalue weighted by Gasteiger charge is -2.40. The summed E-state index contributed by atoms with van der Waals surface area (Å²) in [7, 11) is 0. The fraction of sp³-hybridized carbons (Fsp3) is 0.293. The van der Waals surface area contributed by atoms with Gasteiger partial charge in [-0.1, -0.05) is 103 Å². The Hall–Kier alpha value is -4.85. The number of rotatable bonds is 11. The highest BCUT2D eigenvalue weighted by molar-refractivity contribution is 5.97. The van der Waals surface area contributed by atoms with Gasteiger partial charge in [0.2, 0.25) is 11.8 Å². The summed E-state index contributed by atoms with van der Waals surface area (Å²) < 4.78 is 0. The standard InChI is InChI=1S/C41H43N5O2/c47-40-39(27-44-37(36-11-6-20-43-26-36)24-29-18-21-42-22-19-29)46(28-30-12-15-34(16-13-30)32-7-2-1-3-8-32)41(48)38(45-40)25-31-14-17-33-9-4-5-10-35(33)23-31/h1-17,20,23,26,29,37-39,42,44H,18-19,21-22,24-25,27-28H2,(H,45,47)/t37?,38-,39-/m0/s1. The molecule has 244 valence electrons. The Labute approximate surface area is 282 Å². The summed E-state index contributed by atoms with van der Waals surface area (Å²) in [5.74, 6) is 0.398. The molecule has 2 amide bonds. The fourth-order valence-corrected chi connectivity index (χ4v) is 7.21. The van der Waals surface area contributed by atoms with Crippen molar-refractivity contribution in [1.82, 2.24) is 25.8 Å². The summed E-state index contributed by atoms with van der Waals surface area (Å²) >= 11 is 0. The Balaban J connectivity index is 1.13. The molecule has 5 aromatic rings. The van der Waals surface area contributed by atoms with Gasteiger partial charge in [-0.15, -0.1) is 0 Å². The van der Waals surface area contributed by atoms with Crippen LogP contribution in [0.25, 0.3) is 21.9 Å². The number of aromatic nitrogens is 1. The lowest BCUT2D eigenvalue weighted by atomic mass is 9.88. The summed E-state index contributed by atoms with van der Waals surface area (Å²) in [5.41, 5.74) is 5.38. The topological polar surface area (TPSA) is 86.4 Å². The first kappa shape index (κ1) is 31.7. The second-order valence-corrected chi connectivity index (χ2v) is 13.2. The van der Waals surface area contributed by atoms with Crippen molar-refractivity contribution in [3.63, 3.8) is 0 Å². The van der Waals surface area contributed by atoms with Crippen LogP contribution in [0.15, 0.2) is 122 Å². The van der Waals surface area contributed by atoms with Gasteiger partial charge in [0.05, 0.1) is 0 Å². The Morgan fingerprint density at radius 3 is 2.29 bits per heavy atom. The molecule has 1 unspecified atom stereocenters. The first-order chi connectivity index (χ1) is 23.6. The minimum Gasteiger partial charge on any atom is -0.342 e. The van der Waals surface area contributed by atoms with E-state index in [1.165, 1.54) is 0 Å². The zero-order valence-corrected chi connectivity index (χ0v) is 27.2. The van der Waals surface area contributed by atoms with Gasteiger partial charge < -0.3 is 20.9 Å². The molecule has 2 aliphatic heterocycles. The SMILES string of the molecule is O=C1N[C@@H](Cc2ccc3ccccc3c2)C(=O)N(Cc2ccc(-c3ccccc3)cc2)[C@H]1CNC(CC1CCNCC1)c1cccnc1. The van der Waals surface area contributed by atoms with Crippen LogP contribution < -0.4 is 16.0 Å². The molecule has 1 aromatic heterocycles. The third-order valence-corrected chi connectivity index (χ3v) is 9.92. The minimum absolute atomic E-state index is 0.0343. The summed E-state index contributed by atoms with van der Waals surface area (Å²) in [5, 5.41) is 12.6. The summed E-state index contributed by atoms with van der Waals surface area (Å²) in [6.45, 7) is 2.76. The van der Waals surface area contributed by atoms with E-state index in [4.69, 9.17) is 0 Å². The zero-order valence-electron chi connectivity index (χ0n) is 27.2. The lowest BCUT2D eigenvalue weighted by molar-refractivity contribution is -0.150. The van der Waals surface area contributed by atoms with Crippen molar-refractivity contribution in [2.45, 2.75) is 50.4 Å². The van der Waals surface area contributed by atoms with Gasteiger partial charge in [-0.05, 0) is 82.9 Å². The quantitative estimate of drug-likeness (QED) is 0.164. The fourth-order valence-electron chi connectivity index (χ4n) is 7.21. The van der Waals surface area contributed by atoms with Crippen LogP contribution in [0.5, 0.6) is 0 Å². The molecule has 48 heavy (non-hydrogen) atoms. The van der Waals surface area contributed by atoms with Crippen molar-refractivity contribution in [3.8, 4) is 11.1 Å². The van der Waals surface area contributed by atoms with Gasteiger partial charge in [-0.3, -0.25) is 14.6 Å². The molecule has 0 aliphatic carbocycles. The molecule has 2 aliphatic rings. The molecule has 0 spiro atoms. The average Bonchev–Trinajstić information content (AvgIpc) is 3.14. The number of piperidine rings is 1. The predicted molar refractivity (Wildman–Crippen MR) is 191 cm³/mol. The molecule has 3 N–H and O–H groups in total. The first-order valence-electron chi connectivity index (χ1n) is 17.2. The van der Waals surface area contributed by atoms with E-state index in [9.17, 15) is 9.59 Å². The number of piperazine rings is 1. The second-order valence-electron chi connectivity index (χ2n) is 13.2. The van der Waals surface area contributed by atoms with Gasteiger partial charge in [-0.2, -0.15) is 0 Å². The monoisotopic (exact) mass is 637 g/mol. The van der Waals surface area contributed by atoms with E-state index in [0.717, 1.165) is 70.9 Å². The molecule has 4 aromatic carbocycles. The molecule has 0 radical (unpaired) electrons. The molecule has 0 saturated carbocycles. The third kappa shape index (κ3) is 7.48. The van der Waals surface area contributed by atoms with Gasteiger partial charge in [0, 0.05) is 37.9 Å². The maximum Gasteiger partial charge on any atom is 0.246 e. The smallest absolute Gasteiger partial charge is 0.246 e. The summed E-state index contributed by atoms with van der Waals surface area (Å²) in [6, 6.07) is 35.9. The van der Waals surface area contributed by atoms with Gasteiger partial charge in [0.1, 0.15) is 12.1 Å². The molecule has 0 bridgehead atoms. The Kier molecular flexibility index (Phi) is 9.87. The third-order valence-electron chi connectivity index (χ3n) is 9.92. The van der Waals surface area contributed by atoms with Gasteiger partial charge in [0.25, 0.3) is 0 Å². The maximum absolute atomic E-state index is 14.3. The molecule has 3 heterocycles. The van der Waals surface area contributed by atoms with Crippen molar-refractivity contribution in [2.24, 2.45) is 5.92 Å². The number of pyridine rings is 1. The molecular weight excluding hydrogens is 594 g/mol. The molecule has 7 nitrogen and oxygen atoms in total. The van der Waals surface area contributed by atoms with E-state index in [1.807, 2.05) is 42.6 Å². The van der Waals surface area contributed by atoms with Crippen LogP contribution in [-0.4, -0.2) is 53.4 Å².